The van der Waals surface area contributed by atoms with Crippen LogP contribution in [-0.2, 0) is 33.0 Å². The Bertz CT molecular complexity index is 1190. The maximum Gasteiger partial charge on any atom is 0.240 e. The zero-order chi connectivity index (χ0) is 20.4. The highest BCUT2D eigenvalue weighted by atomic mass is 32.2. The Morgan fingerprint density at radius 2 is 1.75 bits per heavy atom. The van der Waals surface area contributed by atoms with Crippen LogP contribution < -0.4 is 10.5 Å². The summed E-state index contributed by atoms with van der Waals surface area (Å²) in [4.78, 5) is -0.374. The Kier molecular flexibility index (Phi) is 5.54. The Morgan fingerprint density at radius 3 is 2.36 bits per heavy atom. The van der Waals surface area contributed by atoms with Gasteiger partial charge in [0.15, 0.2) is 9.84 Å². The number of aromatic nitrogens is 2. The fourth-order valence-electron chi connectivity index (χ4n) is 2.76. The van der Waals surface area contributed by atoms with Crippen LogP contribution in [0, 0.1) is 0 Å². The lowest BCUT2D eigenvalue weighted by atomic mass is 10.1. The molecule has 2 aromatic carbocycles. The van der Waals surface area contributed by atoms with Crippen LogP contribution in [-0.4, -0.2) is 32.9 Å². The predicted octanol–water partition coefficient (Wildman–Crippen LogP) is 1.59. The lowest BCUT2D eigenvalue weighted by Crippen LogP contribution is -2.16. The van der Waals surface area contributed by atoms with E-state index in [2.05, 4.69) is 10.4 Å². The quantitative estimate of drug-likeness (QED) is 0.598. The number of hydrogen-bond acceptors (Lipinski definition) is 6. The largest absolute Gasteiger partial charge is 0.380 e. The summed E-state index contributed by atoms with van der Waals surface area (Å²) in [5, 5.41) is 12.5. The summed E-state index contributed by atoms with van der Waals surface area (Å²) in [5.41, 5.74) is 2.21. The van der Waals surface area contributed by atoms with Gasteiger partial charge in [0.1, 0.15) is 4.90 Å². The number of sulfone groups is 1. The van der Waals surface area contributed by atoms with Crippen molar-refractivity contribution in [1.82, 2.24) is 9.78 Å². The van der Waals surface area contributed by atoms with Gasteiger partial charge in [0, 0.05) is 25.2 Å². The molecule has 0 radical (unpaired) electrons. The van der Waals surface area contributed by atoms with Gasteiger partial charge in [-0.2, -0.15) is 5.10 Å². The van der Waals surface area contributed by atoms with Gasteiger partial charge >= 0.3 is 0 Å². The summed E-state index contributed by atoms with van der Waals surface area (Å²) in [5.74, 6) is 0. The molecule has 28 heavy (non-hydrogen) atoms. The summed E-state index contributed by atoms with van der Waals surface area (Å²) in [7, 11) is -7.68. The second-order valence-electron chi connectivity index (χ2n) is 6.30. The first-order valence-corrected chi connectivity index (χ1v) is 11.7. The standard InChI is InChI=1S/C18H20N4O4S2/c1-27(23,24)16-7-8-17(18(11-16)28(19,25)26)20-12-14-5-2-3-6-15(14)13-22-10-4-9-21-22/h2-11,20H,12-13H2,1H3,(H2,19,25,26). The van der Waals surface area contributed by atoms with E-state index in [1.807, 2.05) is 36.5 Å². The number of primary sulfonamides is 1. The molecule has 148 valence electrons. The third kappa shape index (κ3) is 4.77. The third-order valence-corrected chi connectivity index (χ3v) is 6.23. The molecule has 0 spiro atoms. The lowest BCUT2D eigenvalue weighted by molar-refractivity contribution is 0.597. The van der Waals surface area contributed by atoms with E-state index in [4.69, 9.17) is 5.14 Å². The molecule has 0 aliphatic carbocycles. The Morgan fingerprint density at radius 1 is 1.04 bits per heavy atom. The van der Waals surface area contributed by atoms with Crippen LogP contribution in [0.1, 0.15) is 11.1 Å². The summed E-state index contributed by atoms with van der Waals surface area (Å²) in [6.45, 7) is 0.901. The molecule has 1 aromatic heterocycles. The minimum atomic E-state index is -4.11. The molecular weight excluding hydrogens is 400 g/mol. The van der Waals surface area contributed by atoms with Gasteiger partial charge < -0.3 is 5.32 Å². The molecule has 0 saturated heterocycles. The van der Waals surface area contributed by atoms with Gasteiger partial charge in [-0.05, 0) is 35.4 Å². The van der Waals surface area contributed by atoms with Gasteiger partial charge in [0.05, 0.1) is 17.1 Å². The van der Waals surface area contributed by atoms with E-state index in [0.717, 1.165) is 23.4 Å². The van der Waals surface area contributed by atoms with Crippen LogP contribution in [0.25, 0.3) is 0 Å². The molecule has 3 N–H and O–H groups in total. The van der Waals surface area contributed by atoms with Crippen molar-refractivity contribution < 1.29 is 16.8 Å². The minimum Gasteiger partial charge on any atom is -0.380 e. The molecule has 1 heterocycles. The SMILES string of the molecule is CS(=O)(=O)c1ccc(NCc2ccccc2Cn2cccn2)c(S(N)(=O)=O)c1. The summed E-state index contributed by atoms with van der Waals surface area (Å²) < 4.78 is 49.2. The molecule has 3 rings (SSSR count). The van der Waals surface area contributed by atoms with E-state index >= 15 is 0 Å². The first kappa shape index (κ1) is 20.1. The van der Waals surface area contributed by atoms with E-state index in [1.54, 1.807) is 10.9 Å². The summed E-state index contributed by atoms with van der Waals surface area (Å²) in [6, 6.07) is 13.4. The molecule has 0 atom stereocenters. The monoisotopic (exact) mass is 420 g/mol. The molecule has 0 aliphatic rings. The maximum absolute atomic E-state index is 12.0. The topological polar surface area (TPSA) is 124 Å². The lowest BCUT2D eigenvalue weighted by Gasteiger charge is -2.14. The van der Waals surface area contributed by atoms with Gasteiger partial charge in [-0.15, -0.1) is 0 Å². The van der Waals surface area contributed by atoms with Gasteiger partial charge in [0.2, 0.25) is 10.0 Å². The number of rotatable bonds is 7. The molecular formula is C18H20N4O4S2. The number of anilines is 1. The molecule has 0 saturated carbocycles. The van der Waals surface area contributed by atoms with Crippen LogP contribution in [0.2, 0.25) is 0 Å². The number of nitrogens with one attached hydrogen (secondary N) is 1. The molecule has 8 nitrogen and oxygen atoms in total. The zero-order valence-electron chi connectivity index (χ0n) is 15.1. The molecule has 0 aliphatic heterocycles. The second-order valence-corrected chi connectivity index (χ2v) is 9.85. The average molecular weight is 421 g/mol. The van der Waals surface area contributed by atoms with Crippen molar-refractivity contribution in [3.63, 3.8) is 0 Å². The molecule has 0 fully saturated rings. The predicted molar refractivity (Wildman–Crippen MR) is 106 cm³/mol. The van der Waals surface area contributed by atoms with Crippen molar-refractivity contribution in [3.8, 4) is 0 Å². The van der Waals surface area contributed by atoms with Crippen molar-refractivity contribution in [3.05, 3.63) is 72.1 Å². The smallest absolute Gasteiger partial charge is 0.240 e. The van der Waals surface area contributed by atoms with Crippen LogP contribution in [0.5, 0.6) is 0 Å². The first-order valence-electron chi connectivity index (χ1n) is 8.29. The number of hydrogen-bond donors (Lipinski definition) is 2. The normalized spacial score (nSPS) is 12.1. The van der Waals surface area contributed by atoms with E-state index in [1.165, 1.54) is 12.1 Å². The van der Waals surface area contributed by atoms with Crippen LogP contribution in [0.3, 0.4) is 0 Å². The van der Waals surface area contributed by atoms with Crippen molar-refractivity contribution in [2.45, 2.75) is 22.9 Å². The van der Waals surface area contributed by atoms with E-state index in [9.17, 15) is 16.8 Å². The second kappa shape index (κ2) is 7.74. The number of nitrogens with two attached hydrogens (primary N) is 1. The van der Waals surface area contributed by atoms with Crippen molar-refractivity contribution in [1.29, 1.82) is 0 Å². The molecule has 10 heteroatoms. The minimum absolute atomic E-state index is 0.110. The first-order chi connectivity index (χ1) is 13.1. The summed E-state index contributed by atoms with van der Waals surface area (Å²) >= 11 is 0. The van der Waals surface area contributed by atoms with Gasteiger partial charge in [-0.25, -0.2) is 22.0 Å². The Hall–Kier alpha value is -2.69. The van der Waals surface area contributed by atoms with E-state index < -0.39 is 19.9 Å². The highest BCUT2D eigenvalue weighted by Gasteiger charge is 2.18. The van der Waals surface area contributed by atoms with Crippen molar-refractivity contribution in [2.24, 2.45) is 5.14 Å². The fraction of sp³-hybridized carbons (Fsp3) is 0.167. The molecule has 0 unspecified atom stereocenters. The van der Waals surface area contributed by atoms with E-state index in [-0.39, 0.29) is 15.5 Å². The zero-order valence-corrected chi connectivity index (χ0v) is 16.7. The number of nitrogens with zero attached hydrogens (tertiary/aromatic N) is 2. The summed E-state index contributed by atoms with van der Waals surface area (Å²) in [6.07, 6.45) is 4.56. The van der Waals surface area contributed by atoms with E-state index in [0.29, 0.717) is 13.1 Å². The third-order valence-electron chi connectivity index (χ3n) is 4.17. The fourth-order valence-corrected chi connectivity index (χ4v) is 4.22. The Balaban J connectivity index is 1.89. The average Bonchev–Trinajstić information content (AvgIpc) is 3.12. The van der Waals surface area contributed by atoms with Gasteiger partial charge in [-0.3, -0.25) is 4.68 Å². The molecule has 0 bridgehead atoms. The maximum atomic E-state index is 12.0. The number of benzene rings is 2. The Labute approximate surface area is 164 Å². The van der Waals surface area contributed by atoms with Crippen LogP contribution >= 0.6 is 0 Å². The highest BCUT2D eigenvalue weighted by molar-refractivity contribution is 7.91. The van der Waals surface area contributed by atoms with Crippen LogP contribution in [0.4, 0.5) is 5.69 Å². The van der Waals surface area contributed by atoms with Crippen molar-refractivity contribution in [2.75, 3.05) is 11.6 Å². The highest BCUT2D eigenvalue weighted by Crippen LogP contribution is 2.25. The van der Waals surface area contributed by atoms with Crippen LogP contribution in [0.15, 0.2) is 70.7 Å². The van der Waals surface area contributed by atoms with Gasteiger partial charge in [0.25, 0.3) is 0 Å². The van der Waals surface area contributed by atoms with Gasteiger partial charge in [-0.1, -0.05) is 24.3 Å². The molecule has 3 aromatic rings. The molecule has 0 amide bonds. The number of sulfonamides is 1. The van der Waals surface area contributed by atoms with Crippen molar-refractivity contribution >= 4 is 25.5 Å².